The monoisotopic (exact) mass is 280 g/mol. The summed E-state index contributed by atoms with van der Waals surface area (Å²) in [5.41, 5.74) is 3.41. The molecule has 5 nitrogen and oxygen atoms in total. The summed E-state index contributed by atoms with van der Waals surface area (Å²) in [6, 6.07) is 8.87. The van der Waals surface area contributed by atoms with E-state index in [4.69, 9.17) is 26.6 Å². The Bertz CT molecular complexity index is 551. The lowest BCUT2D eigenvalue weighted by Gasteiger charge is -2.04. The molecule has 1 aromatic heterocycles. The van der Waals surface area contributed by atoms with E-state index in [0.29, 0.717) is 23.0 Å². The molecule has 0 aliphatic heterocycles. The molecule has 3 N–H and O–H groups in total. The molecule has 1 heterocycles. The summed E-state index contributed by atoms with van der Waals surface area (Å²) < 4.78 is 10.7. The number of hydrogen-bond acceptors (Lipinski definition) is 4. The summed E-state index contributed by atoms with van der Waals surface area (Å²) >= 11 is 5.79. The molecular formula is C13H13ClN2O3. The Balaban J connectivity index is 1.91. The Morgan fingerprint density at radius 3 is 2.68 bits per heavy atom. The minimum Gasteiger partial charge on any atom is -0.466 e. The first kappa shape index (κ1) is 13.6. The number of benzene rings is 1. The van der Waals surface area contributed by atoms with Crippen molar-refractivity contribution in [3.05, 3.63) is 58.5 Å². The first-order valence-corrected chi connectivity index (χ1v) is 5.98. The molecule has 0 saturated carbocycles. The van der Waals surface area contributed by atoms with Gasteiger partial charge in [-0.2, -0.15) is 0 Å². The number of nitrogens with one attached hydrogen (secondary N) is 1. The van der Waals surface area contributed by atoms with Crippen LogP contribution in [0, 0.1) is 0 Å². The number of nitrogen functional groups attached to an aromatic ring is 1. The van der Waals surface area contributed by atoms with Crippen LogP contribution in [0.15, 0.2) is 41.0 Å². The van der Waals surface area contributed by atoms with Gasteiger partial charge in [-0.05, 0) is 23.8 Å². The van der Waals surface area contributed by atoms with E-state index in [2.05, 4.69) is 5.43 Å². The van der Waals surface area contributed by atoms with E-state index in [1.54, 1.807) is 18.2 Å². The summed E-state index contributed by atoms with van der Waals surface area (Å²) in [5.74, 6) is 5.11. The van der Waals surface area contributed by atoms with E-state index < -0.39 is 5.91 Å². The molecule has 1 amide bonds. The number of carbonyl (C=O) groups is 1. The number of hydrogen-bond donors (Lipinski definition) is 2. The fourth-order valence-corrected chi connectivity index (χ4v) is 1.70. The Morgan fingerprint density at radius 1 is 1.26 bits per heavy atom. The maximum atomic E-state index is 11.4. The standard InChI is InChI=1S/C13H13ClN2O3/c14-10-3-1-9(2-4-10)7-18-8-12-11(5-6-19-12)13(17)16-15/h1-6H,7-8,15H2,(H,16,17). The highest BCUT2D eigenvalue weighted by Crippen LogP contribution is 2.14. The minimum absolute atomic E-state index is 0.193. The number of hydrazine groups is 1. The van der Waals surface area contributed by atoms with E-state index >= 15 is 0 Å². The van der Waals surface area contributed by atoms with Gasteiger partial charge in [-0.15, -0.1) is 0 Å². The summed E-state index contributed by atoms with van der Waals surface area (Å²) in [4.78, 5) is 11.4. The fourth-order valence-electron chi connectivity index (χ4n) is 1.57. The van der Waals surface area contributed by atoms with Crippen molar-refractivity contribution >= 4 is 17.5 Å². The Hall–Kier alpha value is -1.82. The summed E-state index contributed by atoms with van der Waals surface area (Å²) in [6.07, 6.45) is 1.42. The SMILES string of the molecule is NNC(=O)c1ccoc1COCc1ccc(Cl)cc1. The molecule has 2 aromatic rings. The van der Waals surface area contributed by atoms with Crippen molar-refractivity contribution in [3.63, 3.8) is 0 Å². The van der Waals surface area contributed by atoms with Crippen LogP contribution in [0.3, 0.4) is 0 Å². The van der Waals surface area contributed by atoms with Gasteiger partial charge in [0.2, 0.25) is 0 Å². The number of amides is 1. The minimum atomic E-state index is -0.404. The maximum Gasteiger partial charge on any atom is 0.268 e. The molecule has 2 rings (SSSR count). The maximum absolute atomic E-state index is 11.4. The first-order valence-electron chi connectivity index (χ1n) is 5.60. The van der Waals surface area contributed by atoms with Crippen LogP contribution >= 0.6 is 11.6 Å². The molecule has 19 heavy (non-hydrogen) atoms. The van der Waals surface area contributed by atoms with Crippen LogP contribution in [0.1, 0.15) is 21.7 Å². The summed E-state index contributed by atoms with van der Waals surface area (Å²) in [7, 11) is 0. The largest absolute Gasteiger partial charge is 0.466 e. The second kappa shape index (κ2) is 6.38. The number of carbonyl (C=O) groups excluding carboxylic acids is 1. The zero-order chi connectivity index (χ0) is 13.7. The van der Waals surface area contributed by atoms with Gasteiger partial charge in [-0.3, -0.25) is 10.2 Å². The average molecular weight is 281 g/mol. The highest BCUT2D eigenvalue weighted by atomic mass is 35.5. The molecule has 0 aliphatic carbocycles. The van der Waals surface area contributed by atoms with Crippen LogP contribution in [0.2, 0.25) is 5.02 Å². The average Bonchev–Trinajstić information content (AvgIpc) is 2.88. The molecule has 0 spiro atoms. The lowest BCUT2D eigenvalue weighted by molar-refractivity contribution is 0.0870. The molecule has 0 unspecified atom stereocenters. The van der Waals surface area contributed by atoms with Gasteiger partial charge in [0.1, 0.15) is 12.4 Å². The number of nitrogens with two attached hydrogens (primary N) is 1. The highest BCUT2D eigenvalue weighted by molar-refractivity contribution is 6.30. The number of halogens is 1. The van der Waals surface area contributed by atoms with Crippen LogP contribution < -0.4 is 11.3 Å². The lowest BCUT2D eigenvalue weighted by Crippen LogP contribution is -2.30. The van der Waals surface area contributed by atoms with E-state index in [-0.39, 0.29) is 6.61 Å². The molecule has 0 bridgehead atoms. The number of rotatable bonds is 5. The van der Waals surface area contributed by atoms with Gasteiger partial charge in [0.15, 0.2) is 0 Å². The predicted octanol–water partition coefficient (Wildman–Crippen LogP) is 2.25. The van der Waals surface area contributed by atoms with E-state index in [9.17, 15) is 4.79 Å². The van der Waals surface area contributed by atoms with E-state index in [0.717, 1.165) is 5.56 Å². The Morgan fingerprint density at radius 2 is 2.00 bits per heavy atom. The predicted molar refractivity (Wildman–Crippen MR) is 70.3 cm³/mol. The highest BCUT2D eigenvalue weighted by Gasteiger charge is 2.13. The van der Waals surface area contributed by atoms with Gasteiger partial charge < -0.3 is 9.15 Å². The molecule has 100 valence electrons. The van der Waals surface area contributed by atoms with Gasteiger partial charge in [0.25, 0.3) is 5.91 Å². The van der Waals surface area contributed by atoms with Gasteiger partial charge in [0.05, 0.1) is 18.4 Å². The molecule has 0 saturated heterocycles. The lowest BCUT2D eigenvalue weighted by atomic mass is 10.2. The topological polar surface area (TPSA) is 77.5 Å². The van der Waals surface area contributed by atoms with Crippen molar-refractivity contribution in [3.8, 4) is 0 Å². The van der Waals surface area contributed by atoms with Crippen LogP contribution in [0.25, 0.3) is 0 Å². The zero-order valence-electron chi connectivity index (χ0n) is 10.1. The molecular weight excluding hydrogens is 268 g/mol. The van der Waals surface area contributed by atoms with Crippen molar-refractivity contribution in [2.75, 3.05) is 0 Å². The Kier molecular flexibility index (Phi) is 4.57. The van der Waals surface area contributed by atoms with Crippen molar-refractivity contribution in [1.29, 1.82) is 0 Å². The second-order valence-electron chi connectivity index (χ2n) is 3.85. The second-order valence-corrected chi connectivity index (χ2v) is 4.29. The third-order valence-corrected chi connectivity index (χ3v) is 2.79. The van der Waals surface area contributed by atoms with Gasteiger partial charge in [0, 0.05) is 5.02 Å². The number of furan rings is 1. The van der Waals surface area contributed by atoms with E-state index in [1.807, 2.05) is 12.1 Å². The van der Waals surface area contributed by atoms with Crippen LogP contribution in [0.5, 0.6) is 0 Å². The summed E-state index contributed by atoms with van der Waals surface area (Å²) in [5, 5.41) is 0.677. The van der Waals surface area contributed by atoms with Crippen molar-refractivity contribution in [2.45, 2.75) is 13.2 Å². The van der Waals surface area contributed by atoms with Gasteiger partial charge >= 0.3 is 0 Å². The van der Waals surface area contributed by atoms with Crippen molar-refractivity contribution < 1.29 is 13.9 Å². The fraction of sp³-hybridized carbons (Fsp3) is 0.154. The van der Waals surface area contributed by atoms with Crippen LogP contribution in [0.4, 0.5) is 0 Å². The normalized spacial score (nSPS) is 10.4. The Labute approximate surface area is 115 Å². The molecule has 0 aliphatic rings. The quantitative estimate of drug-likeness (QED) is 0.500. The smallest absolute Gasteiger partial charge is 0.268 e. The van der Waals surface area contributed by atoms with Crippen LogP contribution in [-0.4, -0.2) is 5.91 Å². The molecule has 0 radical (unpaired) electrons. The van der Waals surface area contributed by atoms with Gasteiger partial charge in [-0.1, -0.05) is 23.7 Å². The van der Waals surface area contributed by atoms with Crippen molar-refractivity contribution in [2.24, 2.45) is 5.84 Å². The number of ether oxygens (including phenoxy) is 1. The molecule has 6 heteroatoms. The summed E-state index contributed by atoms with van der Waals surface area (Å²) in [6.45, 7) is 0.597. The van der Waals surface area contributed by atoms with Crippen molar-refractivity contribution in [1.82, 2.24) is 5.43 Å². The molecule has 0 atom stereocenters. The first-order chi connectivity index (χ1) is 9.20. The third kappa shape index (κ3) is 3.57. The third-order valence-electron chi connectivity index (χ3n) is 2.54. The zero-order valence-corrected chi connectivity index (χ0v) is 10.8. The molecule has 1 aromatic carbocycles. The molecule has 0 fully saturated rings. The van der Waals surface area contributed by atoms with E-state index in [1.165, 1.54) is 6.26 Å². The van der Waals surface area contributed by atoms with Gasteiger partial charge in [-0.25, -0.2) is 5.84 Å². The van der Waals surface area contributed by atoms with Crippen LogP contribution in [-0.2, 0) is 18.0 Å².